The zero-order valence-electron chi connectivity index (χ0n) is 11.9. The zero-order valence-corrected chi connectivity index (χ0v) is 11.9. The molecule has 2 aromatic heterocycles. The molecule has 0 atom stereocenters. The van der Waals surface area contributed by atoms with Crippen molar-refractivity contribution in [3.63, 3.8) is 0 Å². The maximum Gasteiger partial charge on any atom is 0.240 e. The van der Waals surface area contributed by atoms with Crippen LogP contribution in [0.1, 0.15) is 42.5 Å². The number of pyridine rings is 1. The molecule has 21 heavy (non-hydrogen) atoms. The van der Waals surface area contributed by atoms with Crippen LogP contribution in [-0.2, 0) is 11.3 Å². The molecule has 0 unspecified atom stereocenters. The number of fused-ring (bicyclic) bond motifs is 1. The summed E-state index contributed by atoms with van der Waals surface area (Å²) >= 11 is 0. The summed E-state index contributed by atoms with van der Waals surface area (Å²) in [6, 6.07) is 3.94. The SMILES string of the molecule is O=Cc1cn(CC(=O)NC2CCCCC2)c2ncccc12. The topological polar surface area (TPSA) is 64.0 Å². The molecule has 0 aliphatic heterocycles. The summed E-state index contributed by atoms with van der Waals surface area (Å²) < 4.78 is 1.75. The first-order valence-electron chi connectivity index (χ1n) is 7.46. The maximum absolute atomic E-state index is 12.2. The van der Waals surface area contributed by atoms with E-state index in [2.05, 4.69) is 10.3 Å². The Kier molecular flexibility index (Phi) is 3.99. The predicted octanol–water partition coefficient (Wildman–Crippen LogP) is 2.30. The summed E-state index contributed by atoms with van der Waals surface area (Å²) in [5, 5.41) is 3.87. The molecule has 5 nitrogen and oxygen atoms in total. The van der Waals surface area contributed by atoms with Gasteiger partial charge in [0.05, 0.1) is 0 Å². The number of hydrogen-bond acceptors (Lipinski definition) is 3. The third kappa shape index (κ3) is 2.96. The molecule has 5 heteroatoms. The fraction of sp³-hybridized carbons (Fsp3) is 0.438. The minimum absolute atomic E-state index is 0.0121. The molecule has 1 aliphatic rings. The maximum atomic E-state index is 12.2. The van der Waals surface area contributed by atoms with E-state index >= 15 is 0 Å². The normalized spacial score (nSPS) is 16.0. The van der Waals surface area contributed by atoms with Crippen molar-refractivity contribution in [3.8, 4) is 0 Å². The Morgan fingerprint density at radius 3 is 2.95 bits per heavy atom. The molecule has 0 saturated heterocycles. The second-order valence-corrected chi connectivity index (χ2v) is 5.61. The Bertz CT molecular complexity index is 657. The number of hydrogen-bond donors (Lipinski definition) is 1. The van der Waals surface area contributed by atoms with Crippen LogP contribution in [0.4, 0.5) is 0 Å². The standard InChI is InChI=1S/C16H19N3O2/c20-11-12-9-19(16-14(12)7-4-8-17-16)10-15(21)18-13-5-2-1-3-6-13/h4,7-9,11,13H,1-3,5-6,10H2,(H,18,21). The van der Waals surface area contributed by atoms with Gasteiger partial charge in [-0.3, -0.25) is 9.59 Å². The Hall–Kier alpha value is -2.17. The number of carbonyl (C=O) groups excluding carboxylic acids is 2. The molecule has 0 aromatic carbocycles. The average molecular weight is 285 g/mol. The van der Waals surface area contributed by atoms with Gasteiger partial charge in [-0.1, -0.05) is 19.3 Å². The van der Waals surface area contributed by atoms with E-state index in [1.165, 1.54) is 19.3 Å². The van der Waals surface area contributed by atoms with Crippen molar-refractivity contribution in [2.75, 3.05) is 0 Å². The molecule has 0 radical (unpaired) electrons. The fourth-order valence-corrected chi connectivity index (χ4v) is 3.04. The van der Waals surface area contributed by atoms with E-state index in [0.717, 1.165) is 24.5 Å². The van der Waals surface area contributed by atoms with Crippen molar-refractivity contribution < 1.29 is 9.59 Å². The summed E-state index contributed by atoms with van der Waals surface area (Å²) in [7, 11) is 0. The van der Waals surface area contributed by atoms with Gasteiger partial charge in [0.25, 0.3) is 0 Å². The van der Waals surface area contributed by atoms with Crippen molar-refractivity contribution in [2.24, 2.45) is 0 Å². The third-order valence-electron chi connectivity index (χ3n) is 4.08. The molecule has 110 valence electrons. The van der Waals surface area contributed by atoms with E-state index < -0.39 is 0 Å². The highest BCUT2D eigenvalue weighted by atomic mass is 16.2. The lowest BCUT2D eigenvalue weighted by molar-refractivity contribution is -0.122. The number of aldehydes is 1. The first-order valence-corrected chi connectivity index (χ1v) is 7.46. The van der Waals surface area contributed by atoms with Gasteiger partial charge in [-0.15, -0.1) is 0 Å². The van der Waals surface area contributed by atoms with E-state index in [1.54, 1.807) is 23.0 Å². The minimum Gasteiger partial charge on any atom is -0.352 e. The zero-order chi connectivity index (χ0) is 14.7. The van der Waals surface area contributed by atoms with Gasteiger partial charge in [-0.2, -0.15) is 0 Å². The summed E-state index contributed by atoms with van der Waals surface area (Å²) in [5.41, 5.74) is 1.25. The minimum atomic E-state index is -0.0121. The Labute approximate surface area is 123 Å². The molecule has 2 heterocycles. The molecule has 1 aliphatic carbocycles. The number of nitrogens with zero attached hydrogens (tertiary/aromatic N) is 2. The molecule has 0 bridgehead atoms. The number of carbonyl (C=O) groups is 2. The lowest BCUT2D eigenvalue weighted by atomic mass is 9.95. The van der Waals surface area contributed by atoms with Crippen molar-refractivity contribution in [1.29, 1.82) is 0 Å². The first kappa shape index (κ1) is 13.8. The summed E-state index contributed by atoms with van der Waals surface area (Å²) in [5.74, 6) is -0.0121. The quantitative estimate of drug-likeness (QED) is 0.877. The van der Waals surface area contributed by atoms with Gasteiger partial charge in [0.15, 0.2) is 6.29 Å². The molecular formula is C16H19N3O2. The van der Waals surface area contributed by atoms with Gasteiger partial charge >= 0.3 is 0 Å². The van der Waals surface area contributed by atoms with E-state index in [-0.39, 0.29) is 12.5 Å². The van der Waals surface area contributed by atoms with Crippen LogP contribution in [0.25, 0.3) is 11.0 Å². The molecule has 1 N–H and O–H groups in total. The van der Waals surface area contributed by atoms with Crippen molar-refractivity contribution in [1.82, 2.24) is 14.9 Å². The van der Waals surface area contributed by atoms with E-state index in [1.807, 2.05) is 6.07 Å². The van der Waals surface area contributed by atoms with Crippen LogP contribution in [0, 0.1) is 0 Å². The smallest absolute Gasteiger partial charge is 0.240 e. The van der Waals surface area contributed by atoms with E-state index in [4.69, 9.17) is 0 Å². The van der Waals surface area contributed by atoms with Gasteiger partial charge in [-0.25, -0.2) is 4.98 Å². The highest BCUT2D eigenvalue weighted by molar-refractivity contribution is 5.96. The fourth-order valence-electron chi connectivity index (χ4n) is 3.04. The molecule has 1 amide bonds. The van der Waals surface area contributed by atoms with Crippen LogP contribution in [0.3, 0.4) is 0 Å². The summed E-state index contributed by atoms with van der Waals surface area (Å²) in [4.78, 5) is 27.5. The first-order chi connectivity index (χ1) is 10.3. The van der Waals surface area contributed by atoms with Crippen LogP contribution in [-0.4, -0.2) is 27.8 Å². The third-order valence-corrected chi connectivity index (χ3v) is 4.08. The molecular weight excluding hydrogens is 266 g/mol. The summed E-state index contributed by atoms with van der Waals surface area (Å²) in [6.45, 7) is 0.206. The largest absolute Gasteiger partial charge is 0.352 e. The van der Waals surface area contributed by atoms with Crippen LogP contribution in [0.15, 0.2) is 24.5 Å². The lowest BCUT2D eigenvalue weighted by Crippen LogP contribution is -2.38. The number of nitrogens with one attached hydrogen (secondary N) is 1. The van der Waals surface area contributed by atoms with Crippen LogP contribution < -0.4 is 5.32 Å². The Balaban J connectivity index is 1.75. The highest BCUT2D eigenvalue weighted by Crippen LogP contribution is 2.19. The Morgan fingerprint density at radius 1 is 1.38 bits per heavy atom. The van der Waals surface area contributed by atoms with Crippen LogP contribution >= 0.6 is 0 Å². The van der Waals surface area contributed by atoms with Crippen LogP contribution in [0.2, 0.25) is 0 Å². The van der Waals surface area contributed by atoms with Gasteiger partial charge in [0.2, 0.25) is 5.91 Å². The van der Waals surface area contributed by atoms with Crippen molar-refractivity contribution in [2.45, 2.75) is 44.7 Å². The summed E-state index contributed by atoms with van der Waals surface area (Å²) in [6.07, 6.45) is 9.95. The van der Waals surface area contributed by atoms with Crippen molar-refractivity contribution in [3.05, 3.63) is 30.1 Å². The molecule has 0 spiro atoms. The molecule has 2 aromatic rings. The molecule has 3 rings (SSSR count). The van der Waals surface area contributed by atoms with Crippen LogP contribution in [0.5, 0.6) is 0 Å². The number of amides is 1. The molecule has 1 saturated carbocycles. The van der Waals surface area contributed by atoms with Gasteiger partial charge < -0.3 is 9.88 Å². The van der Waals surface area contributed by atoms with Gasteiger partial charge in [0, 0.05) is 29.4 Å². The van der Waals surface area contributed by atoms with Gasteiger partial charge in [-0.05, 0) is 25.0 Å². The highest BCUT2D eigenvalue weighted by Gasteiger charge is 2.17. The van der Waals surface area contributed by atoms with Crippen molar-refractivity contribution >= 4 is 23.2 Å². The van der Waals surface area contributed by atoms with Gasteiger partial charge in [0.1, 0.15) is 12.2 Å². The lowest BCUT2D eigenvalue weighted by Gasteiger charge is -2.22. The number of aromatic nitrogens is 2. The average Bonchev–Trinajstić information content (AvgIpc) is 2.86. The second-order valence-electron chi connectivity index (χ2n) is 5.61. The number of rotatable bonds is 4. The Morgan fingerprint density at radius 2 is 2.19 bits per heavy atom. The van der Waals surface area contributed by atoms with E-state index in [9.17, 15) is 9.59 Å². The predicted molar refractivity (Wildman–Crippen MR) is 80.1 cm³/mol. The second kappa shape index (κ2) is 6.08. The van der Waals surface area contributed by atoms with E-state index in [0.29, 0.717) is 17.3 Å². The molecule has 1 fully saturated rings. The monoisotopic (exact) mass is 285 g/mol.